The Kier molecular flexibility index (Phi) is 22.8. The Balaban J connectivity index is 1.19. The van der Waals surface area contributed by atoms with Gasteiger partial charge >= 0.3 is 0 Å². The van der Waals surface area contributed by atoms with E-state index in [0.29, 0.717) is 0 Å². The second kappa shape index (κ2) is 26.2. The monoisotopic (exact) mass is 602 g/mol. The lowest BCUT2D eigenvalue weighted by atomic mass is 10.1. The number of ether oxygens (including phenoxy) is 3. The Hall–Kier alpha value is -1.46. The van der Waals surface area contributed by atoms with Crippen molar-refractivity contribution >= 4 is 21.6 Å². The molecule has 0 aliphatic rings. The van der Waals surface area contributed by atoms with Gasteiger partial charge in [0, 0.05) is 17.6 Å². The van der Waals surface area contributed by atoms with E-state index in [4.69, 9.17) is 14.2 Å². The SMILES string of the molecule is COc1cccc(OCCCCCCCCCCCSSCCCCCCCCCCCOc2cccc(C)c2)c1. The van der Waals surface area contributed by atoms with Crippen LogP contribution in [0.3, 0.4) is 0 Å². The number of hydrogen-bond donors (Lipinski definition) is 0. The van der Waals surface area contributed by atoms with Crippen molar-refractivity contribution in [1.29, 1.82) is 0 Å². The van der Waals surface area contributed by atoms with Gasteiger partial charge in [0.1, 0.15) is 17.2 Å². The average molecular weight is 603 g/mol. The van der Waals surface area contributed by atoms with Gasteiger partial charge in [0.15, 0.2) is 0 Å². The molecule has 3 nitrogen and oxygen atoms in total. The van der Waals surface area contributed by atoms with E-state index in [-0.39, 0.29) is 0 Å². The molecule has 0 radical (unpaired) electrons. The van der Waals surface area contributed by atoms with Gasteiger partial charge in [-0.1, -0.05) is 130 Å². The molecule has 0 amide bonds. The fourth-order valence-corrected chi connectivity index (χ4v) is 7.19. The van der Waals surface area contributed by atoms with Gasteiger partial charge in [-0.2, -0.15) is 0 Å². The molecule has 0 bridgehead atoms. The molecule has 0 saturated heterocycles. The summed E-state index contributed by atoms with van der Waals surface area (Å²) in [7, 11) is 5.89. The summed E-state index contributed by atoms with van der Waals surface area (Å²) >= 11 is 0. The van der Waals surface area contributed by atoms with E-state index in [1.807, 2.05) is 24.3 Å². The third-order valence-electron chi connectivity index (χ3n) is 7.40. The fourth-order valence-electron chi connectivity index (χ4n) is 4.89. The topological polar surface area (TPSA) is 27.7 Å². The first-order chi connectivity index (χ1) is 20.3. The second-order valence-corrected chi connectivity index (χ2v) is 13.9. The van der Waals surface area contributed by atoms with Gasteiger partial charge in [0.25, 0.3) is 0 Å². The summed E-state index contributed by atoms with van der Waals surface area (Å²) in [5, 5.41) is 0. The first kappa shape index (κ1) is 35.7. The van der Waals surface area contributed by atoms with Gasteiger partial charge in [0.2, 0.25) is 0 Å². The number of aryl methyl sites for hydroxylation is 1. The lowest BCUT2D eigenvalue weighted by Gasteiger charge is -2.07. The Morgan fingerprint density at radius 2 is 0.854 bits per heavy atom. The lowest BCUT2D eigenvalue weighted by molar-refractivity contribution is 0.302. The molecule has 41 heavy (non-hydrogen) atoms. The van der Waals surface area contributed by atoms with Crippen LogP contribution in [0.25, 0.3) is 0 Å². The molecule has 0 saturated carbocycles. The average Bonchev–Trinajstić information content (AvgIpc) is 2.99. The van der Waals surface area contributed by atoms with Gasteiger partial charge in [0.05, 0.1) is 20.3 Å². The minimum Gasteiger partial charge on any atom is -0.497 e. The van der Waals surface area contributed by atoms with Crippen molar-refractivity contribution in [3.05, 3.63) is 54.1 Å². The van der Waals surface area contributed by atoms with Gasteiger partial charge in [-0.15, -0.1) is 0 Å². The van der Waals surface area contributed by atoms with Crippen LogP contribution in [0.5, 0.6) is 17.2 Å². The van der Waals surface area contributed by atoms with E-state index in [2.05, 4.69) is 52.8 Å². The molecule has 2 aromatic carbocycles. The van der Waals surface area contributed by atoms with Gasteiger partial charge in [-0.25, -0.2) is 0 Å². The summed E-state index contributed by atoms with van der Waals surface area (Å²) in [6, 6.07) is 16.2. The van der Waals surface area contributed by atoms with Crippen LogP contribution in [0.4, 0.5) is 0 Å². The molecule has 0 N–H and O–H groups in total. The predicted molar refractivity (Wildman–Crippen MR) is 183 cm³/mol. The molecule has 0 spiro atoms. The Morgan fingerprint density at radius 1 is 0.463 bits per heavy atom. The molecule has 2 aromatic rings. The Morgan fingerprint density at radius 3 is 1.32 bits per heavy atom. The standard InChI is InChI=1S/C36H58O3S2/c1-33-23-21-25-35(31-33)38-27-17-13-9-5-3-7-11-15-19-29-40-41-30-20-16-12-8-4-6-10-14-18-28-39-36-26-22-24-34(32-36)37-2/h21-26,31-32H,3-20,27-30H2,1-2H3. The third kappa shape index (κ3) is 21.0. The maximum Gasteiger partial charge on any atom is 0.122 e. The van der Waals surface area contributed by atoms with Crippen molar-refractivity contribution in [1.82, 2.24) is 0 Å². The predicted octanol–water partition coefficient (Wildman–Crippen LogP) is 11.9. The van der Waals surface area contributed by atoms with Crippen molar-refractivity contribution in [3.8, 4) is 17.2 Å². The number of rotatable bonds is 28. The molecule has 2 rings (SSSR count). The van der Waals surface area contributed by atoms with Crippen LogP contribution in [0.2, 0.25) is 0 Å². The smallest absolute Gasteiger partial charge is 0.122 e. The highest BCUT2D eigenvalue weighted by molar-refractivity contribution is 8.76. The van der Waals surface area contributed by atoms with Gasteiger partial charge in [-0.3, -0.25) is 0 Å². The molecule has 0 heterocycles. The van der Waals surface area contributed by atoms with Crippen molar-refractivity contribution in [2.75, 3.05) is 31.8 Å². The normalized spacial score (nSPS) is 11.1. The number of methoxy groups -OCH3 is 1. The summed E-state index contributed by atoms with van der Waals surface area (Å²) < 4.78 is 16.9. The van der Waals surface area contributed by atoms with Crippen LogP contribution in [0.1, 0.15) is 121 Å². The minimum absolute atomic E-state index is 0.802. The Bertz CT molecular complexity index is 860. The molecule has 5 heteroatoms. The van der Waals surface area contributed by atoms with Crippen molar-refractivity contribution in [2.24, 2.45) is 0 Å². The van der Waals surface area contributed by atoms with E-state index < -0.39 is 0 Å². The highest BCUT2D eigenvalue weighted by Gasteiger charge is 1.99. The summed E-state index contributed by atoms with van der Waals surface area (Å²) in [6.45, 7) is 3.77. The van der Waals surface area contributed by atoms with E-state index in [0.717, 1.165) is 36.9 Å². The highest BCUT2D eigenvalue weighted by atomic mass is 33.1. The van der Waals surface area contributed by atoms with Crippen LogP contribution in [-0.2, 0) is 0 Å². The highest BCUT2D eigenvalue weighted by Crippen LogP contribution is 2.25. The minimum atomic E-state index is 0.802. The maximum absolute atomic E-state index is 5.84. The van der Waals surface area contributed by atoms with Crippen molar-refractivity contribution in [3.63, 3.8) is 0 Å². The summed E-state index contributed by atoms with van der Waals surface area (Å²) in [5.41, 5.74) is 1.27. The molecule has 232 valence electrons. The zero-order valence-electron chi connectivity index (χ0n) is 26.2. The van der Waals surface area contributed by atoms with E-state index in [1.165, 1.54) is 126 Å². The first-order valence-electron chi connectivity index (χ1n) is 16.5. The van der Waals surface area contributed by atoms with E-state index >= 15 is 0 Å². The molecular weight excluding hydrogens is 545 g/mol. The second-order valence-electron chi connectivity index (χ2n) is 11.2. The van der Waals surface area contributed by atoms with Crippen LogP contribution >= 0.6 is 21.6 Å². The fraction of sp³-hybridized carbons (Fsp3) is 0.667. The quantitative estimate of drug-likeness (QED) is 0.0713. The molecule has 0 atom stereocenters. The molecule has 0 fully saturated rings. The largest absolute Gasteiger partial charge is 0.497 e. The molecule has 0 aromatic heterocycles. The number of unbranched alkanes of at least 4 members (excludes halogenated alkanes) is 16. The van der Waals surface area contributed by atoms with Crippen molar-refractivity contribution in [2.45, 2.75) is 122 Å². The summed E-state index contributed by atoms with van der Waals surface area (Å²) in [6.07, 6.45) is 24.3. The van der Waals surface area contributed by atoms with E-state index in [9.17, 15) is 0 Å². The molecule has 0 unspecified atom stereocenters. The van der Waals surface area contributed by atoms with Crippen LogP contribution in [0.15, 0.2) is 48.5 Å². The maximum atomic E-state index is 5.84. The zero-order valence-corrected chi connectivity index (χ0v) is 27.8. The van der Waals surface area contributed by atoms with Crippen LogP contribution < -0.4 is 14.2 Å². The molecule has 0 aliphatic heterocycles. The molecule has 0 aliphatic carbocycles. The third-order valence-corrected chi connectivity index (χ3v) is 9.97. The van der Waals surface area contributed by atoms with Crippen molar-refractivity contribution < 1.29 is 14.2 Å². The lowest BCUT2D eigenvalue weighted by Crippen LogP contribution is -1.97. The first-order valence-corrected chi connectivity index (χ1v) is 19.0. The van der Waals surface area contributed by atoms with Gasteiger partial charge < -0.3 is 14.2 Å². The zero-order chi connectivity index (χ0) is 29.1. The Labute approximate surface area is 260 Å². The van der Waals surface area contributed by atoms with Crippen LogP contribution in [0, 0.1) is 6.92 Å². The number of benzene rings is 2. The summed E-state index contributed by atoms with van der Waals surface area (Å²) in [4.78, 5) is 0. The van der Waals surface area contributed by atoms with E-state index in [1.54, 1.807) is 7.11 Å². The van der Waals surface area contributed by atoms with Crippen LogP contribution in [-0.4, -0.2) is 31.8 Å². The number of hydrogen-bond acceptors (Lipinski definition) is 5. The summed E-state index contributed by atoms with van der Waals surface area (Å²) in [5.74, 6) is 5.43. The molecular formula is C36H58O3S2. The van der Waals surface area contributed by atoms with Gasteiger partial charge in [-0.05, 0) is 62.4 Å².